The fourth-order valence-electron chi connectivity index (χ4n) is 1.36. The fraction of sp³-hybridized carbons (Fsp3) is 0.455. The van der Waals surface area contributed by atoms with Gasteiger partial charge in [-0.25, -0.2) is 0 Å². The summed E-state index contributed by atoms with van der Waals surface area (Å²) in [4.78, 5) is 1.93. The van der Waals surface area contributed by atoms with Crippen LogP contribution in [0.4, 0.5) is 0 Å². The molecule has 1 aromatic rings. The van der Waals surface area contributed by atoms with Crippen LogP contribution in [0.1, 0.15) is 17.2 Å². The SMILES string of the molecule is Cc1ccc(Cl)c(C(O)CN(C)C)c1. The van der Waals surface area contributed by atoms with Gasteiger partial charge < -0.3 is 10.0 Å². The molecule has 2 nitrogen and oxygen atoms in total. The number of nitrogens with zero attached hydrogens (tertiary/aromatic N) is 1. The highest BCUT2D eigenvalue weighted by Crippen LogP contribution is 2.24. The van der Waals surface area contributed by atoms with E-state index in [1.165, 1.54) is 0 Å². The van der Waals surface area contributed by atoms with E-state index < -0.39 is 6.10 Å². The van der Waals surface area contributed by atoms with Gasteiger partial charge in [0.15, 0.2) is 0 Å². The van der Waals surface area contributed by atoms with Crippen LogP contribution in [-0.4, -0.2) is 30.6 Å². The molecule has 0 fully saturated rings. The molecule has 78 valence electrons. The maximum Gasteiger partial charge on any atom is 0.0931 e. The van der Waals surface area contributed by atoms with Gasteiger partial charge in [0.2, 0.25) is 0 Å². The summed E-state index contributed by atoms with van der Waals surface area (Å²) in [5.41, 5.74) is 1.92. The molecule has 0 amide bonds. The minimum Gasteiger partial charge on any atom is -0.387 e. The molecule has 0 saturated carbocycles. The number of hydrogen-bond donors (Lipinski definition) is 1. The number of likely N-dealkylation sites (N-methyl/N-ethyl adjacent to an activating group) is 1. The Morgan fingerprint density at radius 2 is 2.07 bits per heavy atom. The van der Waals surface area contributed by atoms with E-state index in [4.69, 9.17) is 11.6 Å². The Hall–Kier alpha value is -0.570. The molecule has 1 N–H and O–H groups in total. The Morgan fingerprint density at radius 1 is 1.43 bits per heavy atom. The number of halogens is 1. The van der Waals surface area contributed by atoms with E-state index in [0.717, 1.165) is 11.1 Å². The third kappa shape index (κ3) is 2.98. The molecule has 0 bridgehead atoms. The maximum absolute atomic E-state index is 9.87. The van der Waals surface area contributed by atoms with Gasteiger partial charge in [0, 0.05) is 17.1 Å². The normalized spacial score (nSPS) is 13.3. The van der Waals surface area contributed by atoms with Crippen molar-refractivity contribution in [3.63, 3.8) is 0 Å². The first kappa shape index (κ1) is 11.5. The molecular formula is C11H16ClNO. The second kappa shape index (κ2) is 4.78. The molecule has 0 aliphatic carbocycles. The molecule has 1 rings (SSSR count). The quantitative estimate of drug-likeness (QED) is 0.833. The second-order valence-electron chi connectivity index (χ2n) is 3.80. The van der Waals surface area contributed by atoms with Gasteiger partial charge in [0.1, 0.15) is 0 Å². The van der Waals surface area contributed by atoms with Crippen molar-refractivity contribution in [3.05, 3.63) is 34.3 Å². The molecule has 0 aliphatic rings. The summed E-state index contributed by atoms with van der Waals surface area (Å²) in [5, 5.41) is 10.5. The van der Waals surface area contributed by atoms with E-state index >= 15 is 0 Å². The van der Waals surface area contributed by atoms with Crippen LogP contribution in [0, 0.1) is 6.92 Å². The van der Waals surface area contributed by atoms with Crippen LogP contribution in [0.5, 0.6) is 0 Å². The maximum atomic E-state index is 9.87. The van der Waals surface area contributed by atoms with E-state index in [0.29, 0.717) is 11.6 Å². The molecule has 3 heteroatoms. The lowest BCUT2D eigenvalue weighted by atomic mass is 10.1. The Balaban J connectivity index is 2.88. The number of hydrogen-bond acceptors (Lipinski definition) is 2. The predicted octanol–water partition coefficient (Wildman–Crippen LogP) is 2.24. The van der Waals surface area contributed by atoms with Crippen LogP contribution in [0.25, 0.3) is 0 Å². The summed E-state index contributed by atoms with van der Waals surface area (Å²) in [7, 11) is 3.85. The smallest absolute Gasteiger partial charge is 0.0931 e. The first-order valence-corrected chi connectivity index (χ1v) is 4.97. The molecule has 0 heterocycles. The molecule has 0 spiro atoms. The van der Waals surface area contributed by atoms with Crippen LogP contribution in [0.2, 0.25) is 5.02 Å². The van der Waals surface area contributed by atoms with Crippen molar-refractivity contribution in [2.75, 3.05) is 20.6 Å². The standard InChI is InChI=1S/C11H16ClNO/c1-8-4-5-10(12)9(6-8)11(14)7-13(2)3/h4-6,11,14H,7H2,1-3H3. The second-order valence-corrected chi connectivity index (χ2v) is 4.21. The van der Waals surface area contributed by atoms with Gasteiger partial charge in [0.25, 0.3) is 0 Å². The fourth-order valence-corrected chi connectivity index (χ4v) is 1.61. The predicted molar refractivity (Wildman–Crippen MR) is 59.7 cm³/mol. The first-order valence-electron chi connectivity index (χ1n) is 4.59. The Morgan fingerprint density at radius 3 is 2.64 bits per heavy atom. The van der Waals surface area contributed by atoms with Crippen molar-refractivity contribution in [2.24, 2.45) is 0 Å². The zero-order chi connectivity index (χ0) is 10.7. The Labute approximate surface area is 90.1 Å². The van der Waals surface area contributed by atoms with Crippen molar-refractivity contribution in [3.8, 4) is 0 Å². The number of aliphatic hydroxyl groups is 1. The van der Waals surface area contributed by atoms with Gasteiger partial charge in [-0.1, -0.05) is 29.3 Å². The summed E-state index contributed by atoms with van der Waals surface area (Å²) in [6.45, 7) is 2.57. The molecule has 14 heavy (non-hydrogen) atoms. The number of aliphatic hydroxyl groups excluding tert-OH is 1. The van der Waals surface area contributed by atoms with Crippen LogP contribution < -0.4 is 0 Å². The average molecular weight is 214 g/mol. The van der Waals surface area contributed by atoms with Crippen LogP contribution >= 0.6 is 11.6 Å². The van der Waals surface area contributed by atoms with Crippen molar-refractivity contribution < 1.29 is 5.11 Å². The summed E-state index contributed by atoms with van der Waals surface area (Å²) in [5.74, 6) is 0. The summed E-state index contributed by atoms with van der Waals surface area (Å²) < 4.78 is 0. The minimum absolute atomic E-state index is 0.516. The molecule has 1 unspecified atom stereocenters. The van der Waals surface area contributed by atoms with Crippen LogP contribution in [-0.2, 0) is 0 Å². The van der Waals surface area contributed by atoms with E-state index in [1.807, 2.05) is 44.1 Å². The lowest BCUT2D eigenvalue weighted by molar-refractivity contribution is 0.138. The lowest BCUT2D eigenvalue weighted by Gasteiger charge is -2.17. The van der Waals surface area contributed by atoms with Crippen molar-refractivity contribution in [2.45, 2.75) is 13.0 Å². The van der Waals surface area contributed by atoms with Crippen molar-refractivity contribution in [1.82, 2.24) is 4.90 Å². The third-order valence-electron chi connectivity index (χ3n) is 2.05. The molecule has 0 aliphatic heterocycles. The van der Waals surface area contributed by atoms with E-state index in [1.54, 1.807) is 0 Å². The molecule has 0 aromatic heterocycles. The first-order chi connectivity index (χ1) is 6.50. The number of benzene rings is 1. The average Bonchev–Trinajstić information content (AvgIpc) is 2.08. The highest BCUT2D eigenvalue weighted by atomic mass is 35.5. The molecular weight excluding hydrogens is 198 g/mol. The summed E-state index contributed by atoms with van der Waals surface area (Å²) >= 11 is 6.00. The molecule has 1 atom stereocenters. The van der Waals surface area contributed by atoms with E-state index in [9.17, 15) is 5.11 Å². The minimum atomic E-state index is -0.516. The number of aryl methyl sites for hydroxylation is 1. The highest BCUT2D eigenvalue weighted by molar-refractivity contribution is 6.31. The van der Waals surface area contributed by atoms with Crippen LogP contribution in [0.15, 0.2) is 18.2 Å². The third-order valence-corrected chi connectivity index (χ3v) is 2.39. The lowest BCUT2D eigenvalue weighted by Crippen LogP contribution is -2.20. The van der Waals surface area contributed by atoms with Gasteiger partial charge in [0.05, 0.1) is 6.10 Å². The Bertz CT molecular complexity index is 312. The van der Waals surface area contributed by atoms with Crippen LogP contribution in [0.3, 0.4) is 0 Å². The topological polar surface area (TPSA) is 23.5 Å². The van der Waals surface area contributed by atoms with Gasteiger partial charge >= 0.3 is 0 Å². The van der Waals surface area contributed by atoms with Crippen molar-refractivity contribution in [1.29, 1.82) is 0 Å². The van der Waals surface area contributed by atoms with Gasteiger partial charge in [-0.05, 0) is 27.1 Å². The van der Waals surface area contributed by atoms with E-state index in [-0.39, 0.29) is 0 Å². The largest absolute Gasteiger partial charge is 0.387 e. The molecule has 0 saturated heterocycles. The van der Waals surface area contributed by atoms with Gasteiger partial charge in [-0.3, -0.25) is 0 Å². The summed E-state index contributed by atoms with van der Waals surface area (Å²) in [6.07, 6.45) is -0.516. The highest BCUT2D eigenvalue weighted by Gasteiger charge is 2.12. The van der Waals surface area contributed by atoms with Gasteiger partial charge in [-0.2, -0.15) is 0 Å². The zero-order valence-corrected chi connectivity index (χ0v) is 9.54. The van der Waals surface area contributed by atoms with E-state index in [2.05, 4.69) is 0 Å². The monoisotopic (exact) mass is 213 g/mol. The van der Waals surface area contributed by atoms with Crippen molar-refractivity contribution >= 4 is 11.6 Å². The number of rotatable bonds is 3. The molecule has 1 aromatic carbocycles. The zero-order valence-electron chi connectivity index (χ0n) is 8.79. The Kier molecular flexibility index (Phi) is 3.93. The summed E-state index contributed by atoms with van der Waals surface area (Å²) in [6, 6.07) is 5.69. The molecule has 0 radical (unpaired) electrons. The van der Waals surface area contributed by atoms with Gasteiger partial charge in [-0.15, -0.1) is 0 Å².